The van der Waals surface area contributed by atoms with Crippen LogP contribution in [0.5, 0.6) is 5.75 Å². The summed E-state index contributed by atoms with van der Waals surface area (Å²) < 4.78 is 5.28. The van der Waals surface area contributed by atoms with Gasteiger partial charge in [0.15, 0.2) is 0 Å². The summed E-state index contributed by atoms with van der Waals surface area (Å²) in [5, 5.41) is 3.46. The molecule has 3 aliphatic rings. The van der Waals surface area contributed by atoms with E-state index < -0.39 is 0 Å². The molecule has 1 saturated carbocycles. The quantitative estimate of drug-likeness (QED) is 0.911. The summed E-state index contributed by atoms with van der Waals surface area (Å²) in [6.07, 6.45) is 5.43. The van der Waals surface area contributed by atoms with E-state index in [0.717, 1.165) is 57.5 Å². The molecule has 132 valence electrons. The molecule has 0 spiro atoms. The zero-order valence-corrected chi connectivity index (χ0v) is 15.1. The van der Waals surface area contributed by atoms with E-state index in [1.54, 1.807) is 7.11 Å². The summed E-state index contributed by atoms with van der Waals surface area (Å²) in [5.41, 5.74) is 0.874. The van der Waals surface area contributed by atoms with Crippen LogP contribution >= 0.6 is 12.4 Å². The zero-order chi connectivity index (χ0) is 15.9. The van der Waals surface area contributed by atoms with E-state index in [1.807, 2.05) is 12.1 Å². The highest BCUT2D eigenvalue weighted by Crippen LogP contribution is 2.44. The van der Waals surface area contributed by atoms with Crippen molar-refractivity contribution in [1.82, 2.24) is 10.2 Å². The van der Waals surface area contributed by atoms with Crippen LogP contribution in [-0.4, -0.2) is 43.6 Å². The van der Waals surface area contributed by atoms with E-state index in [-0.39, 0.29) is 17.8 Å². The van der Waals surface area contributed by atoms with Crippen LogP contribution in [0.25, 0.3) is 0 Å². The normalized spacial score (nSPS) is 27.6. The number of ether oxygens (including phenoxy) is 1. The van der Waals surface area contributed by atoms with Crippen LogP contribution in [0.15, 0.2) is 24.3 Å². The maximum atomic E-state index is 13.5. The second-order valence-electron chi connectivity index (χ2n) is 7.29. The lowest BCUT2D eigenvalue weighted by Crippen LogP contribution is -2.49. The molecular weight excluding hydrogens is 324 g/mol. The first kappa shape index (κ1) is 17.6. The van der Waals surface area contributed by atoms with Gasteiger partial charge in [0.25, 0.3) is 0 Å². The minimum atomic E-state index is -0.302. The molecule has 0 unspecified atom stereocenters. The molecule has 1 N–H and O–H groups in total. The van der Waals surface area contributed by atoms with Crippen molar-refractivity contribution in [1.29, 1.82) is 0 Å². The van der Waals surface area contributed by atoms with Crippen LogP contribution in [0.3, 0.4) is 0 Å². The Labute approximate surface area is 150 Å². The molecule has 24 heavy (non-hydrogen) atoms. The van der Waals surface area contributed by atoms with Gasteiger partial charge in [-0.15, -0.1) is 12.4 Å². The third kappa shape index (κ3) is 2.70. The summed E-state index contributed by atoms with van der Waals surface area (Å²) in [6.45, 7) is 2.98. The van der Waals surface area contributed by atoms with Crippen molar-refractivity contribution >= 4 is 18.3 Å². The second kappa shape index (κ2) is 6.93. The number of nitrogens with zero attached hydrogens (tertiary/aromatic N) is 1. The smallest absolute Gasteiger partial charge is 0.233 e. The number of amides is 1. The number of hydrogen-bond donors (Lipinski definition) is 1. The lowest BCUT2D eigenvalue weighted by molar-refractivity contribution is -0.138. The Morgan fingerprint density at radius 3 is 2.58 bits per heavy atom. The Kier molecular flexibility index (Phi) is 5.07. The van der Waals surface area contributed by atoms with E-state index in [0.29, 0.717) is 17.9 Å². The molecule has 3 fully saturated rings. The van der Waals surface area contributed by atoms with E-state index in [4.69, 9.17) is 4.74 Å². The van der Waals surface area contributed by atoms with E-state index in [2.05, 4.69) is 22.3 Å². The number of fused-ring (bicyclic) bond motifs is 1. The number of methoxy groups -OCH3 is 1. The molecule has 2 aliphatic heterocycles. The number of likely N-dealkylation sites (tertiary alicyclic amines) is 1. The van der Waals surface area contributed by atoms with E-state index in [1.165, 1.54) is 5.56 Å². The average Bonchev–Trinajstić information content (AvgIpc) is 3.31. The van der Waals surface area contributed by atoms with Crippen LogP contribution < -0.4 is 10.1 Å². The van der Waals surface area contributed by atoms with Crippen LogP contribution in [0.4, 0.5) is 0 Å². The predicted molar refractivity (Wildman–Crippen MR) is 96.9 cm³/mol. The summed E-state index contributed by atoms with van der Waals surface area (Å²) >= 11 is 0. The van der Waals surface area contributed by atoms with Crippen LogP contribution in [0.2, 0.25) is 0 Å². The maximum absolute atomic E-state index is 13.5. The SMILES string of the molecule is COc1ccc(C2(C(=O)N3CC[C@H]4CNC[C@H]43)CCCC2)cc1.Cl. The fourth-order valence-corrected chi connectivity index (χ4v) is 4.89. The fraction of sp³-hybridized carbons (Fsp3) is 0.632. The number of halogens is 1. The molecule has 4 nitrogen and oxygen atoms in total. The molecule has 2 saturated heterocycles. The molecule has 0 radical (unpaired) electrons. The van der Waals surface area contributed by atoms with Gasteiger partial charge in [-0.25, -0.2) is 0 Å². The highest BCUT2D eigenvalue weighted by atomic mass is 35.5. The van der Waals surface area contributed by atoms with Gasteiger partial charge < -0.3 is 15.0 Å². The molecule has 1 amide bonds. The summed E-state index contributed by atoms with van der Waals surface area (Å²) in [5.74, 6) is 1.89. The van der Waals surface area contributed by atoms with Gasteiger partial charge in [0.1, 0.15) is 5.75 Å². The first-order valence-electron chi connectivity index (χ1n) is 8.91. The maximum Gasteiger partial charge on any atom is 0.233 e. The van der Waals surface area contributed by atoms with Crippen LogP contribution in [0, 0.1) is 5.92 Å². The zero-order valence-electron chi connectivity index (χ0n) is 14.3. The Hall–Kier alpha value is -1.26. The lowest BCUT2D eigenvalue weighted by atomic mass is 9.77. The lowest BCUT2D eigenvalue weighted by Gasteiger charge is -2.35. The standard InChI is InChI=1S/C19H26N2O2.ClH/c1-23-16-6-4-15(5-7-16)19(9-2-3-10-19)18(22)21-11-8-14-12-20-13-17(14)21;/h4-7,14,17,20H,2-3,8-13H2,1H3;1H/t14-,17+;/m0./s1. The number of carbonyl (C=O) groups is 1. The predicted octanol–water partition coefficient (Wildman–Crippen LogP) is 2.75. The summed E-state index contributed by atoms with van der Waals surface area (Å²) in [4.78, 5) is 15.7. The molecule has 1 aliphatic carbocycles. The molecular formula is C19H27ClN2O2. The van der Waals surface area contributed by atoms with Crippen molar-refractivity contribution in [3.05, 3.63) is 29.8 Å². The second-order valence-corrected chi connectivity index (χ2v) is 7.29. The Balaban J connectivity index is 0.00000169. The molecule has 0 aromatic heterocycles. The van der Waals surface area contributed by atoms with Crippen LogP contribution in [-0.2, 0) is 10.2 Å². The van der Waals surface area contributed by atoms with Gasteiger partial charge in [-0.05, 0) is 42.9 Å². The van der Waals surface area contributed by atoms with Gasteiger partial charge >= 0.3 is 0 Å². The minimum absolute atomic E-state index is 0. The third-order valence-corrected chi connectivity index (χ3v) is 6.22. The van der Waals surface area contributed by atoms with Crippen LogP contribution in [0.1, 0.15) is 37.7 Å². The van der Waals surface area contributed by atoms with Crippen molar-refractivity contribution in [3.8, 4) is 5.75 Å². The molecule has 1 aromatic rings. The molecule has 2 heterocycles. The summed E-state index contributed by atoms with van der Waals surface area (Å²) in [7, 11) is 1.68. The Bertz CT molecular complexity index is 584. The van der Waals surface area contributed by atoms with Crippen molar-refractivity contribution in [3.63, 3.8) is 0 Å². The van der Waals surface area contributed by atoms with Gasteiger partial charge in [0.2, 0.25) is 5.91 Å². The van der Waals surface area contributed by atoms with Gasteiger partial charge in [0.05, 0.1) is 12.5 Å². The van der Waals surface area contributed by atoms with Crippen molar-refractivity contribution < 1.29 is 9.53 Å². The average molecular weight is 351 g/mol. The van der Waals surface area contributed by atoms with Crippen molar-refractivity contribution in [2.45, 2.75) is 43.6 Å². The molecule has 4 rings (SSSR count). The number of hydrogen-bond acceptors (Lipinski definition) is 3. The number of rotatable bonds is 3. The first-order chi connectivity index (χ1) is 11.2. The molecule has 5 heteroatoms. The Morgan fingerprint density at radius 1 is 1.21 bits per heavy atom. The van der Waals surface area contributed by atoms with Gasteiger partial charge in [-0.1, -0.05) is 25.0 Å². The molecule has 2 atom stereocenters. The third-order valence-electron chi connectivity index (χ3n) is 6.22. The minimum Gasteiger partial charge on any atom is -0.497 e. The largest absolute Gasteiger partial charge is 0.497 e. The fourth-order valence-electron chi connectivity index (χ4n) is 4.89. The van der Waals surface area contributed by atoms with Gasteiger partial charge in [-0.3, -0.25) is 4.79 Å². The first-order valence-corrected chi connectivity index (χ1v) is 8.91. The summed E-state index contributed by atoms with van der Waals surface area (Å²) in [6, 6.07) is 8.60. The highest BCUT2D eigenvalue weighted by Gasteiger charge is 2.49. The van der Waals surface area contributed by atoms with Crippen molar-refractivity contribution in [2.75, 3.05) is 26.7 Å². The number of benzene rings is 1. The van der Waals surface area contributed by atoms with Gasteiger partial charge in [-0.2, -0.15) is 0 Å². The van der Waals surface area contributed by atoms with Gasteiger partial charge in [0, 0.05) is 25.7 Å². The number of nitrogens with one attached hydrogen (secondary N) is 1. The highest BCUT2D eigenvalue weighted by molar-refractivity contribution is 5.89. The monoisotopic (exact) mass is 350 g/mol. The Morgan fingerprint density at radius 2 is 1.92 bits per heavy atom. The van der Waals surface area contributed by atoms with E-state index in [9.17, 15) is 4.79 Å². The molecule has 1 aromatic carbocycles. The molecule has 0 bridgehead atoms. The van der Waals surface area contributed by atoms with E-state index >= 15 is 0 Å². The van der Waals surface area contributed by atoms with Crippen molar-refractivity contribution in [2.24, 2.45) is 5.92 Å². The topological polar surface area (TPSA) is 41.6 Å². The number of carbonyl (C=O) groups excluding carboxylic acids is 1.